The second-order valence-corrected chi connectivity index (χ2v) is 6.89. The Kier molecular flexibility index (Phi) is 4.76. The van der Waals surface area contributed by atoms with E-state index in [2.05, 4.69) is 29.0 Å². The first kappa shape index (κ1) is 17.4. The zero-order valence-corrected chi connectivity index (χ0v) is 14.6. The highest BCUT2D eigenvalue weighted by Gasteiger charge is 2.27. The van der Waals surface area contributed by atoms with Crippen LogP contribution in [0.25, 0.3) is 16.6 Å². The van der Waals surface area contributed by atoms with Crippen molar-refractivity contribution in [1.82, 2.24) is 14.9 Å². The van der Waals surface area contributed by atoms with Gasteiger partial charge in [0.1, 0.15) is 17.2 Å². The average molecular weight is 345 g/mol. The number of benzene rings is 1. The summed E-state index contributed by atoms with van der Waals surface area (Å²) >= 11 is 0. The topological polar surface area (TPSA) is 101 Å². The molecule has 1 aromatic heterocycles. The van der Waals surface area contributed by atoms with Gasteiger partial charge < -0.3 is 21.4 Å². The molecule has 1 heterocycles. The molecular formula is C18H24FN5O. The number of nitrogens with one attached hydrogen (secondary N) is 1. The maximum atomic E-state index is 13.7. The Labute approximate surface area is 146 Å². The van der Waals surface area contributed by atoms with Crippen LogP contribution in [0.2, 0.25) is 0 Å². The normalized spacial score (nSPS) is 21.8. The van der Waals surface area contributed by atoms with Gasteiger partial charge in [-0.3, -0.25) is 4.79 Å². The Balaban J connectivity index is 1.92. The van der Waals surface area contributed by atoms with Crippen molar-refractivity contribution in [2.45, 2.75) is 31.7 Å². The first-order valence-electron chi connectivity index (χ1n) is 8.48. The van der Waals surface area contributed by atoms with E-state index in [0.29, 0.717) is 28.8 Å². The monoisotopic (exact) mass is 345 g/mol. The van der Waals surface area contributed by atoms with E-state index in [4.69, 9.17) is 11.5 Å². The summed E-state index contributed by atoms with van der Waals surface area (Å²) in [4.78, 5) is 21.4. The van der Waals surface area contributed by atoms with Gasteiger partial charge in [-0.1, -0.05) is 0 Å². The molecule has 1 aliphatic carbocycles. The van der Waals surface area contributed by atoms with Gasteiger partial charge in [0.2, 0.25) is 0 Å². The van der Waals surface area contributed by atoms with Crippen molar-refractivity contribution >= 4 is 22.5 Å². The second-order valence-electron chi connectivity index (χ2n) is 6.89. The van der Waals surface area contributed by atoms with Gasteiger partial charge in [0.05, 0.1) is 11.1 Å². The van der Waals surface area contributed by atoms with E-state index in [1.54, 1.807) is 6.20 Å². The van der Waals surface area contributed by atoms with Crippen molar-refractivity contribution in [1.29, 1.82) is 0 Å². The molecule has 0 unspecified atom stereocenters. The maximum Gasteiger partial charge on any atom is 0.251 e. The van der Waals surface area contributed by atoms with Crippen LogP contribution in [-0.2, 0) is 0 Å². The van der Waals surface area contributed by atoms with Gasteiger partial charge in [0, 0.05) is 17.8 Å². The lowest BCUT2D eigenvalue weighted by Crippen LogP contribution is -2.32. The Hall–Kier alpha value is -2.41. The third-order valence-corrected chi connectivity index (χ3v) is 5.14. The van der Waals surface area contributed by atoms with Gasteiger partial charge >= 0.3 is 0 Å². The summed E-state index contributed by atoms with van der Waals surface area (Å²) in [7, 11) is 4.20. The molecule has 0 bridgehead atoms. The number of halogens is 1. The van der Waals surface area contributed by atoms with Crippen molar-refractivity contribution in [3.05, 3.63) is 35.5 Å². The van der Waals surface area contributed by atoms with Crippen LogP contribution in [0.5, 0.6) is 0 Å². The lowest BCUT2D eigenvalue weighted by Gasteiger charge is -2.33. The smallest absolute Gasteiger partial charge is 0.251 e. The number of aromatic nitrogens is 2. The third-order valence-electron chi connectivity index (χ3n) is 5.14. The van der Waals surface area contributed by atoms with Crippen molar-refractivity contribution in [2.75, 3.05) is 14.1 Å². The molecule has 1 aromatic carbocycles. The number of fused-ring (bicyclic) bond motifs is 1. The number of hydrogen-bond donors (Lipinski definition) is 3. The van der Waals surface area contributed by atoms with Crippen molar-refractivity contribution in [3.63, 3.8) is 0 Å². The van der Waals surface area contributed by atoms with Crippen LogP contribution >= 0.6 is 0 Å². The number of aromatic amines is 1. The number of primary amides is 1. The molecule has 0 radical (unpaired) electrons. The molecule has 1 saturated carbocycles. The molecule has 1 amide bonds. The maximum absolute atomic E-state index is 13.7. The Morgan fingerprint density at radius 2 is 2.00 bits per heavy atom. The van der Waals surface area contributed by atoms with Crippen LogP contribution in [0, 0.1) is 11.7 Å². The highest BCUT2D eigenvalue weighted by Crippen LogP contribution is 2.36. The standard InChI is InChI=1S/C18H24FN5O/c1-24(2)12-5-3-10(4-6-12)14(9-20)18-22-15-8-11(19)7-13(17(21)25)16(15)23-18/h7-10,12H,3-6,20H2,1-2H3,(H2,21,25)(H,22,23). The first-order valence-corrected chi connectivity index (χ1v) is 8.48. The van der Waals surface area contributed by atoms with Crippen LogP contribution in [0.15, 0.2) is 18.3 Å². The molecular weight excluding hydrogens is 321 g/mol. The summed E-state index contributed by atoms with van der Waals surface area (Å²) in [6, 6.07) is 3.01. The summed E-state index contributed by atoms with van der Waals surface area (Å²) in [6.45, 7) is 0. The van der Waals surface area contributed by atoms with Crippen LogP contribution < -0.4 is 11.5 Å². The van der Waals surface area contributed by atoms with E-state index in [-0.39, 0.29) is 5.56 Å². The predicted molar refractivity (Wildman–Crippen MR) is 96.2 cm³/mol. The van der Waals surface area contributed by atoms with Gasteiger partial charge in [0.15, 0.2) is 0 Å². The van der Waals surface area contributed by atoms with E-state index >= 15 is 0 Å². The molecule has 6 nitrogen and oxygen atoms in total. The molecule has 7 heteroatoms. The fourth-order valence-corrected chi connectivity index (χ4v) is 3.72. The molecule has 0 spiro atoms. The summed E-state index contributed by atoms with van der Waals surface area (Å²) in [5.74, 6) is -0.351. The minimum atomic E-state index is -0.702. The highest BCUT2D eigenvalue weighted by molar-refractivity contribution is 6.04. The van der Waals surface area contributed by atoms with Gasteiger partial charge in [-0.15, -0.1) is 0 Å². The van der Waals surface area contributed by atoms with E-state index in [0.717, 1.165) is 37.3 Å². The van der Waals surface area contributed by atoms with Gasteiger partial charge in [-0.2, -0.15) is 0 Å². The number of nitrogens with two attached hydrogens (primary N) is 2. The van der Waals surface area contributed by atoms with Crippen molar-refractivity contribution < 1.29 is 9.18 Å². The third kappa shape index (κ3) is 3.37. The summed E-state index contributed by atoms with van der Waals surface area (Å²) < 4.78 is 13.7. The Morgan fingerprint density at radius 1 is 1.32 bits per heavy atom. The van der Waals surface area contributed by atoms with E-state index < -0.39 is 11.7 Å². The molecule has 2 aromatic rings. The van der Waals surface area contributed by atoms with Crippen molar-refractivity contribution in [3.8, 4) is 0 Å². The quantitative estimate of drug-likeness (QED) is 0.791. The predicted octanol–water partition coefficient (Wildman–Crippen LogP) is 2.22. The molecule has 1 fully saturated rings. The molecule has 1 aliphatic rings. The van der Waals surface area contributed by atoms with Crippen molar-refractivity contribution in [2.24, 2.45) is 17.4 Å². The summed E-state index contributed by atoms with van der Waals surface area (Å²) in [6.07, 6.45) is 5.78. The van der Waals surface area contributed by atoms with Gasteiger partial charge in [0.25, 0.3) is 5.91 Å². The van der Waals surface area contributed by atoms with Crippen LogP contribution in [-0.4, -0.2) is 40.9 Å². The van der Waals surface area contributed by atoms with Crippen LogP contribution in [0.3, 0.4) is 0 Å². The Bertz CT molecular complexity index is 818. The second kappa shape index (κ2) is 6.84. The molecule has 3 rings (SSSR count). The Morgan fingerprint density at radius 3 is 2.56 bits per heavy atom. The number of carbonyl (C=O) groups is 1. The fraction of sp³-hybridized carbons (Fsp3) is 0.444. The number of imidazole rings is 1. The molecule has 0 saturated heterocycles. The number of hydrogen-bond acceptors (Lipinski definition) is 4. The lowest BCUT2D eigenvalue weighted by atomic mass is 9.81. The molecule has 0 aliphatic heterocycles. The number of nitrogens with zero attached hydrogens (tertiary/aromatic N) is 2. The zero-order chi connectivity index (χ0) is 18.1. The number of H-pyrrole nitrogens is 1. The number of rotatable bonds is 4. The molecule has 0 atom stereocenters. The number of amides is 1. The van der Waals surface area contributed by atoms with Crippen LogP contribution in [0.1, 0.15) is 41.9 Å². The molecule has 134 valence electrons. The minimum absolute atomic E-state index is 0.0742. The number of allylic oxidation sites excluding steroid dienone is 1. The first-order chi connectivity index (χ1) is 11.9. The van der Waals surface area contributed by atoms with E-state index in [1.165, 1.54) is 6.07 Å². The van der Waals surface area contributed by atoms with Crippen LogP contribution in [0.4, 0.5) is 4.39 Å². The number of carbonyl (C=O) groups excluding carboxylic acids is 1. The lowest BCUT2D eigenvalue weighted by molar-refractivity contribution is 0.100. The highest BCUT2D eigenvalue weighted by atomic mass is 19.1. The van der Waals surface area contributed by atoms with Gasteiger partial charge in [-0.25, -0.2) is 9.37 Å². The average Bonchev–Trinajstić information content (AvgIpc) is 2.98. The molecule has 25 heavy (non-hydrogen) atoms. The minimum Gasteiger partial charge on any atom is -0.404 e. The summed E-state index contributed by atoms with van der Waals surface area (Å²) in [5, 5.41) is 0. The summed E-state index contributed by atoms with van der Waals surface area (Å²) in [5.41, 5.74) is 13.0. The van der Waals surface area contributed by atoms with Gasteiger partial charge in [-0.05, 0) is 57.8 Å². The largest absolute Gasteiger partial charge is 0.404 e. The zero-order valence-electron chi connectivity index (χ0n) is 14.6. The fourth-order valence-electron chi connectivity index (χ4n) is 3.72. The SMILES string of the molecule is CN(C)C1CCC(C(=CN)c2nc3c(C(N)=O)cc(F)cc3[nH]2)CC1. The molecule has 5 N–H and O–H groups in total. The van der Waals surface area contributed by atoms with E-state index in [1.807, 2.05) is 0 Å². The van der Waals surface area contributed by atoms with E-state index in [9.17, 15) is 9.18 Å².